The van der Waals surface area contributed by atoms with E-state index in [2.05, 4.69) is 27.9 Å². The first-order valence-electron chi connectivity index (χ1n) is 5.55. The van der Waals surface area contributed by atoms with E-state index in [1.165, 1.54) is 0 Å². The average Bonchev–Trinajstić information content (AvgIpc) is 2.69. The first kappa shape index (κ1) is 9.96. The van der Waals surface area contributed by atoms with Crippen LogP contribution in [0.3, 0.4) is 0 Å². The SMILES string of the molecule is Cn1c(-c2cc[n+](C)cc2)n[n+]2ccccc12. The Hall–Kier alpha value is -2.23. The Bertz CT molecular complexity index is 667. The Morgan fingerprint density at radius 1 is 1.06 bits per heavy atom. The topological polar surface area (TPSA) is 25.8 Å². The van der Waals surface area contributed by atoms with Crippen molar-refractivity contribution in [2.75, 3.05) is 0 Å². The monoisotopic (exact) mass is 226 g/mol. The summed E-state index contributed by atoms with van der Waals surface area (Å²) < 4.78 is 6.00. The van der Waals surface area contributed by atoms with E-state index < -0.39 is 0 Å². The number of hydrogen-bond donors (Lipinski definition) is 0. The van der Waals surface area contributed by atoms with E-state index in [9.17, 15) is 0 Å². The van der Waals surface area contributed by atoms with E-state index in [0.29, 0.717) is 0 Å². The fourth-order valence-corrected chi connectivity index (χ4v) is 1.95. The lowest BCUT2D eigenvalue weighted by molar-refractivity contribution is -0.671. The van der Waals surface area contributed by atoms with Crippen LogP contribution in [0, 0.1) is 0 Å². The van der Waals surface area contributed by atoms with E-state index in [4.69, 9.17) is 0 Å². The highest BCUT2D eigenvalue weighted by Crippen LogP contribution is 2.14. The van der Waals surface area contributed by atoms with Crippen LogP contribution in [0.1, 0.15) is 0 Å². The molecule has 3 aromatic rings. The molecule has 0 atom stereocenters. The highest BCUT2D eigenvalue weighted by atomic mass is 15.3. The molecule has 0 aromatic carbocycles. The second kappa shape index (κ2) is 3.66. The van der Waals surface area contributed by atoms with Gasteiger partial charge in [-0.3, -0.25) is 0 Å². The fourth-order valence-electron chi connectivity index (χ4n) is 1.95. The molecule has 4 nitrogen and oxygen atoms in total. The molecule has 3 heterocycles. The molecule has 84 valence electrons. The van der Waals surface area contributed by atoms with E-state index in [1.807, 2.05) is 53.9 Å². The summed E-state index contributed by atoms with van der Waals surface area (Å²) in [6, 6.07) is 10.2. The third-order valence-corrected chi connectivity index (χ3v) is 2.92. The maximum Gasteiger partial charge on any atom is 0.308 e. The molecule has 0 unspecified atom stereocenters. The maximum atomic E-state index is 4.58. The summed E-state index contributed by atoms with van der Waals surface area (Å²) in [6.07, 6.45) is 6.01. The van der Waals surface area contributed by atoms with Crippen LogP contribution in [0.4, 0.5) is 0 Å². The quantitative estimate of drug-likeness (QED) is 0.559. The van der Waals surface area contributed by atoms with Gasteiger partial charge in [-0.25, -0.2) is 9.13 Å². The summed E-state index contributed by atoms with van der Waals surface area (Å²) in [5.41, 5.74) is 2.20. The molecule has 0 N–H and O–H groups in total. The summed E-state index contributed by atoms with van der Waals surface area (Å²) >= 11 is 0. The third-order valence-electron chi connectivity index (χ3n) is 2.92. The molecule has 0 fully saturated rings. The lowest BCUT2D eigenvalue weighted by Crippen LogP contribution is -2.25. The van der Waals surface area contributed by atoms with Crippen LogP contribution in [0.15, 0.2) is 48.9 Å². The normalized spacial score (nSPS) is 10.9. The number of rotatable bonds is 1. The van der Waals surface area contributed by atoms with Gasteiger partial charge in [0, 0.05) is 18.2 Å². The van der Waals surface area contributed by atoms with Crippen LogP contribution in [-0.2, 0) is 14.1 Å². The lowest BCUT2D eigenvalue weighted by Gasteiger charge is -1.93. The number of aromatic nitrogens is 4. The zero-order valence-corrected chi connectivity index (χ0v) is 9.91. The Kier molecular flexibility index (Phi) is 2.14. The first-order chi connectivity index (χ1) is 8.25. The highest BCUT2D eigenvalue weighted by Gasteiger charge is 2.17. The smallest absolute Gasteiger partial charge is 0.208 e. The van der Waals surface area contributed by atoms with Gasteiger partial charge in [-0.1, -0.05) is 6.07 Å². The first-order valence-corrected chi connectivity index (χ1v) is 5.55. The second-order valence-corrected chi connectivity index (χ2v) is 4.14. The number of aryl methyl sites for hydroxylation is 2. The number of hydrogen-bond acceptors (Lipinski definition) is 1. The predicted molar refractivity (Wildman–Crippen MR) is 63.0 cm³/mol. The fraction of sp³-hybridized carbons (Fsp3) is 0.154. The number of fused-ring (bicyclic) bond motifs is 1. The van der Waals surface area contributed by atoms with Gasteiger partial charge in [-0.2, -0.15) is 0 Å². The van der Waals surface area contributed by atoms with Gasteiger partial charge in [0.05, 0.1) is 12.6 Å². The van der Waals surface area contributed by atoms with E-state index in [0.717, 1.165) is 17.0 Å². The van der Waals surface area contributed by atoms with Crippen molar-refractivity contribution in [1.29, 1.82) is 0 Å². The summed E-state index contributed by atoms with van der Waals surface area (Å²) in [7, 11) is 4.04. The minimum absolute atomic E-state index is 0.969. The molecule has 0 amide bonds. The van der Waals surface area contributed by atoms with Crippen molar-refractivity contribution in [3.05, 3.63) is 48.9 Å². The molecule has 0 saturated carbocycles. The molecule has 0 radical (unpaired) electrons. The molecule has 4 heteroatoms. The van der Waals surface area contributed by atoms with E-state index >= 15 is 0 Å². The summed E-state index contributed by atoms with van der Waals surface area (Å²) in [4.78, 5) is 0. The summed E-state index contributed by atoms with van der Waals surface area (Å²) in [6.45, 7) is 0. The molecule has 3 aromatic heterocycles. The van der Waals surface area contributed by atoms with Gasteiger partial charge < -0.3 is 0 Å². The molecule has 0 spiro atoms. The Labute approximate surface area is 99.4 Å². The van der Waals surface area contributed by atoms with Crippen molar-refractivity contribution in [3.8, 4) is 11.4 Å². The zero-order chi connectivity index (χ0) is 11.8. The zero-order valence-electron chi connectivity index (χ0n) is 9.91. The van der Waals surface area contributed by atoms with Crippen LogP contribution in [0.5, 0.6) is 0 Å². The van der Waals surface area contributed by atoms with Crippen molar-refractivity contribution >= 4 is 5.65 Å². The van der Waals surface area contributed by atoms with Crippen molar-refractivity contribution in [3.63, 3.8) is 0 Å². The summed E-state index contributed by atoms with van der Waals surface area (Å²) in [5.74, 6) is 0.969. The Morgan fingerprint density at radius 2 is 1.82 bits per heavy atom. The van der Waals surface area contributed by atoms with Gasteiger partial charge in [0.1, 0.15) is 13.2 Å². The number of nitrogens with zero attached hydrogens (tertiary/aromatic N) is 4. The molecular formula is C13H14N4+2. The highest BCUT2D eigenvalue weighted by molar-refractivity contribution is 5.55. The maximum absolute atomic E-state index is 4.58. The lowest BCUT2D eigenvalue weighted by atomic mass is 10.2. The minimum atomic E-state index is 0.969. The van der Waals surface area contributed by atoms with Gasteiger partial charge >= 0.3 is 5.65 Å². The van der Waals surface area contributed by atoms with Crippen molar-refractivity contribution in [2.24, 2.45) is 14.1 Å². The van der Waals surface area contributed by atoms with Crippen molar-refractivity contribution in [2.45, 2.75) is 0 Å². The average molecular weight is 226 g/mol. The Balaban J connectivity index is 2.24. The van der Waals surface area contributed by atoms with Gasteiger partial charge in [0.15, 0.2) is 12.4 Å². The molecule has 3 rings (SSSR count). The van der Waals surface area contributed by atoms with Crippen LogP contribution < -0.4 is 9.08 Å². The van der Waals surface area contributed by atoms with Gasteiger partial charge in [-0.15, -0.1) is 4.52 Å². The second-order valence-electron chi connectivity index (χ2n) is 4.14. The minimum Gasteiger partial charge on any atom is -0.208 e. The van der Waals surface area contributed by atoms with Gasteiger partial charge in [0.2, 0.25) is 0 Å². The van der Waals surface area contributed by atoms with E-state index in [-0.39, 0.29) is 0 Å². The molecule has 0 saturated heterocycles. The van der Waals surface area contributed by atoms with E-state index in [1.54, 1.807) is 0 Å². The number of pyridine rings is 2. The standard InChI is InChI=1S/C13H14N4/c1-15-9-6-11(7-10-15)13-14-17-8-4-3-5-12(17)16(13)2/h3-10H,1-2H3/q+2. The Morgan fingerprint density at radius 3 is 2.53 bits per heavy atom. The molecular weight excluding hydrogens is 212 g/mol. The van der Waals surface area contributed by atoms with Gasteiger partial charge in [0.25, 0.3) is 5.82 Å². The molecule has 0 aliphatic carbocycles. The van der Waals surface area contributed by atoms with Gasteiger partial charge in [-0.05, 0) is 11.2 Å². The molecule has 0 bridgehead atoms. The van der Waals surface area contributed by atoms with Crippen molar-refractivity contribution < 1.29 is 9.08 Å². The van der Waals surface area contributed by atoms with Crippen LogP contribution in [0.25, 0.3) is 17.0 Å². The molecule has 17 heavy (non-hydrogen) atoms. The van der Waals surface area contributed by atoms with Crippen LogP contribution in [0.2, 0.25) is 0 Å². The molecule has 0 aliphatic rings. The van der Waals surface area contributed by atoms with Crippen LogP contribution >= 0.6 is 0 Å². The van der Waals surface area contributed by atoms with Crippen LogP contribution in [-0.4, -0.2) is 9.67 Å². The third kappa shape index (κ3) is 1.58. The van der Waals surface area contributed by atoms with Crippen molar-refractivity contribution in [1.82, 2.24) is 9.67 Å². The largest absolute Gasteiger partial charge is 0.308 e. The summed E-state index contributed by atoms with van der Waals surface area (Å²) in [5, 5.41) is 4.58. The molecule has 0 aliphatic heterocycles. The predicted octanol–water partition coefficient (Wildman–Crippen LogP) is 0.650.